The fourth-order valence-electron chi connectivity index (χ4n) is 3.29. The van der Waals surface area contributed by atoms with Crippen LogP contribution in [0.1, 0.15) is 49.9 Å². The van der Waals surface area contributed by atoms with Crippen molar-refractivity contribution in [3.63, 3.8) is 0 Å². The Morgan fingerprint density at radius 3 is 2.57 bits per heavy atom. The predicted octanol–water partition coefficient (Wildman–Crippen LogP) is 4.05. The molecule has 0 heterocycles. The van der Waals surface area contributed by atoms with Crippen LogP contribution in [0.2, 0.25) is 0 Å². The molecule has 0 aliphatic heterocycles. The number of carbonyl (C=O) groups is 1. The van der Waals surface area contributed by atoms with Crippen molar-refractivity contribution in [1.82, 2.24) is 4.90 Å². The maximum absolute atomic E-state index is 13.8. The van der Waals surface area contributed by atoms with Crippen molar-refractivity contribution >= 4 is 5.78 Å². The monoisotopic (exact) mass is 295 g/mol. The van der Waals surface area contributed by atoms with Gasteiger partial charge in [0.05, 0.1) is 11.6 Å². The van der Waals surface area contributed by atoms with Crippen LogP contribution in [-0.4, -0.2) is 29.8 Å². The summed E-state index contributed by atoms with van der Waals surface area (Å²) in [6, 6.07) is 3.08. The van der Waals surface area contributed by atoms with Gasteiger partial charge in [0.15, 0.2) is 5.78 Å². The van der Waals surface area contributed by atoms with Gasteiger partial charge in [-0.05, 0) is 44.9 Å². The molecule has 0 amide bonds. The van der Waals surface area contributed by atoms with E-state index in [9.17, 15) is 13.6 Å². The van der Waals surface area contributed by atoms with E-state index in [4.69, 9.17) is 0 Å². The van der Waals surface area contributed by atoms with Gasteiger partial charge in [-0.3, -0.25) is 9.69 Å². The van der Waals surface area contributed by atoms with E-state index in [1.807, 2.05) is 7.05 Å². The normalized spacial score (nSPS) is 24.1. The average molecular weight is 295 g/mol. The van der Waals surface area contributed by atoms with Crippen molar-refractivity contribution in [2.24, 2.45) is 5.92 Å². The lowest BCUT2D eigenvalue weighted by molar-refractivity contribution is 0.0688. The van der Waals surface area contributed by atoms with Crippen LogP contribution in [0.25, 0.3) is 0 Å². The molecule has 1 aliphatic carbocycles. The largest absolute Gasteiger partial charge is 0.293 e. The number of ketones is 1. The summed E-state index contributed by atoms with van der Waals surface area (Å²) in [5.74, 6) is -1.19. The molecule has 1 fully saturated rings. The van der Waals surface area contributed by atoms with Gasteiger partial charge in [-0.15, -0.1) is 0 Å². The molecule has 3 unspecified atom stereocenters. The lowest BCUT2D eigenvalue weighted by Gasteiger charge is -2.39. The Hall–Kier alpha value is -1.29. The number of nitrogens with zero attached hydrogens (tertiary/aromatic N) is 1. The first-order valence-corrected chi connectivity index (χ1v) is 7.63. The average Bonchev–Trinajstić information content (AvgIpc) is 2.45. The molecular weight excluding hydrogens is 272 g/mol. The molecule has 3 atom stereocenters. The van der Waals surface area contributed by atoms with E-state index in [2.05, 4.69) is 11.8 Å². The van der Waals surface area contributed by atoms with Crippen molar-refractivity contribution in [2.45, 2.75) is 51.6 Å². The van der Waals surface area contributed by atoms with Crippen LogP contribution in [0, 0.1) is 17.6 Å². The first kappa shape index (κ1) is 16.1. The van der Waals surface area contributed by atoms with Crippen LogP contribution in [0.15, 0.2) is 18.2 Å². The Kier molecular flexibility index (Phi) is 5.09. The molecule has 0 bridgehead atoms. The van der Waals surface area contributed by atoms with Gasteiger partial charge in [0.1, 0.15) is 11.6 Å². The zero-order valence-corrected chi connectivity index (χ0v) is 12.9. The van der Waals surface area contributed by atoms with E-state index < -0.39 is 17.7 Å². The van der Waals surface area contributed by atoms with Crippen molar-refractivity contribution in [3.05, 3.63) is 35.4 Å². The topological polar surface area (TPSA) is 20.3 Å². The van der Waals surface area contributed by atoms with E-state index in [0.29, 0.717) is 12.0 Å². The van der Waals surface area contributed by atoms with Crippen LogP contribution in [0.4, 0.5) is 8.78 Å². The van der Waals surface area contributed by atoms with Crippen LogP contribution in [-0.2, 0) is 0 Å². The number of halogens is 2. The summed E-state index contributed by atoms with van der Waals surface area (Å²) >= 11 is 0. The summed E-state index contributed by atoms with van der Waals surface area (Å²) in [6.07, 6.45) is 4.65. The standard InChI is InChI=1S/C17H23F2NO/c1-11-6-4-5-7-16(11)20(3)12(2)17(21)14-9-8-13(18)10-15(14)19/h8-12,16H,4-7H2,1-3H3. The van der Waals surface area contributed by atoms with Crippen LogP contribution >= 0.6 is 0 Å². The van der Waals surface area contributed by atoms with Crippen molar-refractivity contribution in [3.8, 4) is 0 Å². The fourth-order valence-corrected chi connectivity index (χ4v) is 3.29. The van der Waals surface area contributed by atoms with Crippen molar-refractivity contribution in [1.29, 1.82) is 0 Å². The molecule has 0 saturated heterocycles. The number of Topliss-reactive ketones (excluding diaryl/α,β-unsaturated/α-hetero) is 1. The van der Waals surface area contributed by atoms with Crippen LogP contribution in [0.3, 0.4) is 0 Å². The number of hydrogen-bond acceptors (Lipinski definition) is 2. The van der Waals surface area contributed by atoms with Gasteiger partial charge in [-0.25, -0.2) is 8.78 Å². The molecule has 116 valence electrons. The number of hydrogen-bond donors (Lipinski definition) is 0. The van der Waals surface area contributed by atoms with Gasteiger partial charge in [0, 0.05) is 12.1 Å². The second kappa shape index (κ2) is 6.65. The Labute approximate surface area is 125 Å². The summed E-state index contributed by atoms with van der Waals surface area (Å²) in [4.78, 5) is 14.5. The molecule has 1 aromatic carbocycles. The molecule has 4 heteroatoms. The minimum atomic E-state index is -0.781. The molecule has 2 nitrogen and oxygen atoms in total. The van der Waals surface area contributed by atoms with E-state index >= 15 is 0 Å². The maximum Gasteiger partial charge on any atom is 0.182 e. The second-order valence-electron chi connectivity index (χ2n) is 6.16. The first-order chi connectivity index (χ1) is 9.91. The summed E-state index contributed by atoms with van der Waals surface area (Å²) in [6.45, 7) is 4.00. The highest BCUT2D eigenvalue weighted by atomic mass is 19.1. The SMILES string of the molecule is CC1CCCCC1N(C)C(C)C(=O)c1ccc(F)cc1F. The fraction of sp³-hybridized carbons (Fsp3) is 0.588. The van der Waals surface area contributed by atoms with Gasteiger partial charge >= 0.3 is 0 Å². The number of rotatable bonds is 4. The van der Waals surface area contributed by atoms with Gasteiger partial charge in [0.2, 0.25) is 0 Å². The van der Waals surface area contributed by atoms with Crippen LogP contribution < -0.4 is 0 Å². The molecule has 0 radical (unpaired) electrons. The maximum atomic E-state index is 13.8. The summed E-state index contributed by atoms with van der Waals surface area (Å²) < 4.78 is 26.7. The quantitative estimate of drug-likeness (QED) is 0.781. The third kappa shape index (κ3) is 3.49. The van der Waals surface area contributed by atoms with E-state index in [-0.39, 0.29) is 11.3 Å². The molecule has 0 spiro atoms. The molecule has 1 saturated carbocycles. The molecule has 0 N–H and O–H groups in total. The molecule has 1 aromatic rings. The van der Waals surface area contributed by atoms with Gasteiger partial charge < -0.3 is 0 Å². The van der Waals surface area contributed by atoms with E-state index in [0.717, 1.165) is 18.6 Å². The number of likely N-dealkylation sites (N-methyl/N-ethyl adjacent to an activating group) is 1. The third-order valence-corrected chi connectivity index (χ3v) is 4.78. The van der Waals surface area contributed by atoms with E-state index in [1.54, 1.807) is 6.92 Å². The highest BCUT2D eigenvalue weighted by Gasteiger charge is 2.31. The zero-order chi connectivity index (χ0) is 15.6. The van der Waals surface area contributed by atoms with E-state index in [1.165, 1.54) is 25.3 Å². The van der Waals surface area contributed by atoms with Gasteiger partial charge in [-0.2, -0.15) is 0 Å². The van der Waals surface area contributed by atoms with Crippen molar-refractivity contribution in [2.75, 3.05) is 7.05 Å². The van der Waals surface area contributed by atoms with Crippen LogP contribution in [0.5, 0.6) is 0 Å². The molecule has 21 heavy (non-hydrogen) atoms. The lowest BCUT2D eigenvalue weighted by Crippen LogP contribution is -2.47. The molecule has 2 rings (SSSR count). The Morgan fingerprint density at radius 1 is 1.29 bits per heavy atom. The highest BCUT2D eigenvalue weighted by Crippen LogP contribution is 2.29. The van der Waals surface area contributed by atoms with Crippen molar-refractivity contribution < 1.29 is 13.6 Å². The Balaban J connectivity index is 2.14. The number of benzene rings is 1. The minimum absolute atomic E-state index is 0.0285. The molecular formula is C17H23F2NO. The minimum Gasteiger partial charge on any atom is -0.293 e. The summed E-state index contributed by atoms with van der Waals surface area (Å²) in [5, 5.41) is 0. The lowest BCUT2D eigenvalue weighted by atomic mass is 9.84. The Morgan fingerprint density at radius 2 is 1.95 bits per heavy atom. The van der Waals surface area contributed by atoms with Gasteiger partial charge in [0.25, 0.3) is 0 Å². The second-order valence-corrected chi connectivity index (χ2v) is 6.16. The molecule has 1 aliphatic rings. The zero-order valence-electron chi connectivity index (χ0n) is 12.9. The Bertz CT molecular complexity index is 518. The highest BCUT2D eigenvalue weighted by molar-refractivity contribution is 6.00. The smallest absolute Gasteiger partial charge is 0.182 e. The van der Waals surface area contributed by atoms with Gasteiger partial charge in [-0.1, -0.05) is 19.8 Å². The summed E-state index contributed by atoms with van der Waals surface area (Å²) in [5.41, 5.74) is -0.0285. The first-order valence-electron chi connectivity index (χ1n) is 7.63. The predicted molar refractivity (Wildman–Crippen MR) is 79.3 cm³/mol. The summed E-state index contributed by atoms with van der Waals surface area (Å²) in [7, 11) is 1.93. The number of carbonyl (C=O) groups excluding carboxylic acids is 1. The molecule has 0 aromatic heterocycles. The third-order valence-electron chi connectivity index (χ3n) is 4.78.